The number of carboxylic acid groups (broad SMARTS) is 1. The number of amides is 2. The molecule has 0 spiro atoms. The molecule has 0 radical (unpaired) electrons. The van der Waals surface area contributed by atoms with E-state index in [-0.39, 0.29) is 51.3 Å². The third-order valence-electron chi connectivity index (χ3n) is 3.98. The first kappa shape index (κ1) is 27.1. The van der Waals surface area contributed by atoms with E-state index in [1.807, 2.05) is 0 Å². The number of aliphatic carboxylic acids is 1. The van der Waals surface area contributed by atoms with E-state index < -0.39 is 39.5 Å². The Morgan fingerprint density at radius 2 is 1.14 bits per heavy atom. The first-order chi connectivity index (χ1) is 13.4. The van der Waals surface area contributed by atoms with Gasteiger partial charge in [-0.05, 0) is 31.6 Å². The van der Waals surface area contributed by atoms with E-state index in [9.17, 15) is 14.4 Å². The lowest BCUT2D eigenvalue weighted by Gasteiger charge is -2.17. The smallest absolute Gasteiger partial charge is 0.303 e. The summed E-state index contributed by atoms with van der Waals surface area (Å²) in [5.74, 6) is -3.32. The number of carbonyl (C=O) groups is 3. The molecule has 7 N–H and O–H groups in total. The van der Waals surface area contributed by atoms with Crippen LogP contribution in [0.4, 0.5) is 0 Å². The molecular formula is C16H32N2O8P2. The van der Waals surface area contributed by atoms with Crippen LogP contribution in [0, 0.1) is 5.92 Å². The number of aliphatic hydroxyl groups is 4. The molecule has 0 bridgehead atoms. The van der Waals surface area contributed by atoms with Crippen LogP contribution >= 0.6 is 15.8 Å². The minimum absolute atomic E-state index is 0.0851. The van der Waals surface area contributed by atoms with Gasteiger partial charge in [0, 0.05) is 19.5 Å². The summed E-state index contributed by atoms with van der Waals surface area (Å²) in [5.41, 5.74) is 0. The summed E-state index contributed by atoms with van der Waals surface area (Å²) in [7, 11) is -1.76. The molecule has 0 aliphatic rings. The van der Waals surface area contributed by atoms with E-state index in [2.05, 4.69) is 10.6 Å². The molecule has 12 heteroatoms. The highest BCUT2D eigenvalue weighted by atomic mass is 31.1. The summed E-state index contributed by atoms with van der Waals surface area (Å²) in [5, 5.41) is 50.2. The van der Waals surface area contributed by atoms with Gasteiger partial charge in [0.1, 0.15) is 5.92 Å². The number of aliphatic hydroxyl groups excluding tert-OH is 4. The highest BCUT2D eigenvalue weighted by Crippen LogP contribution is 2.33. The standard InChI is InChI=1S/C16H32N2O8P2/c19-9-27(10-20)7-1-5-17-15(25)13(3-4-14(23)24)16(26)18-6-2-8-28(11-21)12-22/h13,19-22H,1-12H2,(H,17,25)(H,18,26)(H,23,24). The Bertz CT molecular complexity index is 430. The number of carboxylic acids is 1. The topological polar surface area (TPSA) is 176 Å². The summed E-state index contributed by atoms with van der Waals surface area (Å²) < 4.78 is 0. The van der Waals surface area contributed by atoms with Gasteiger partial charge in [-0.1, -0.05) is 15.8 Å². The van der Waals surface area contributed by atoms with Gasteiger partial charge in [0.25, 0.3) is 0 Å². The van der Waals surface area contributed by atoms with E-state index in [1.165, 1.54) is 0 Å². The zero-order valence-corrected chi connectivity index (χ0v) is 17.7. The highest BCUT2D eigenvalue weighted by molar-refractivity contribution is 7.57. The molecule has 28 heavy (non-hydrogen) atoms. The second-order valence-electron chi connectivity index (χ2n) is 6.13. The van der Waals surface area contributed by atoms with E-state index in [0.29, 0.717) is 25.2 Å². The molecule has 164 valence electrons. The first-order valence-corrected chi connectivity index (χ1v) is 12.8. The van der Waals surface area contributed by atoms with Crippen molar-refractivity contribution >= 4 is 33.6 Å². The van der Waals surface area contributed by atoms with E-state index in [4.69, 9.17) is 25.5 Å². The predicted octanol–water partition coefficient (Wildman–Crippen LogP) is -0.757. The van der Waals surface area contributed by atoms with Crippen LogP contribution in [0.3, 0.4) is 0 Å². The van der Waals surface area contributed by atoms with Gasteiger partial charge in [-0.25, -0.2) is 0 Å². The second-order valence-corrected chi connectivity index (χ2v) is 10.8. The maximum absolute atomic E-state index is 12.3. The van der Waals surface area contributed by atoms with Gasteiger partial charge in [0.2, 0.25) is 11.8 Å². The van der Waals surface area contributed by atoms with Gasteiger partial charge in [0.05, 0.1) is 25.4 Å². The summed E-state index contributed by atoms with van der Waals surface area (Å²) >= 11 is 0. The average Bonchev–Trinajstić information content (AvgIpc) is 2.68. The van der Waals surface area contributed by atoms with E-state index >= 15 is 0 Å². The molecule has 0 aliphatic heterocycles. The lowest BCUT2D eigenvalue weighted by atomic mass is 10.0. The number of hydrogen-bond donors (Lipinski definition) is 7. The molecule has 2 amide bonds. The van der Waals surface area contributed by atoms with Crippen molar-refractivity contribution in [2.75, 3.05) is 50.8 Å². The molecule has 0 heterocycles. The molecule has 0 saturated heterocycles. The molecule has 0 saturated carbocycles. The monoisotopic (exact) mass is 442 g/mol. The summed E-state index contributed by atoms with van der Waals surface area (Å²) in [6.07, 6.45) is 1.46. The van der Waals surface area contributed by atoms with Gasteiger partial charge >= 0.3 is 5.97 Å². The van der Waals surface area contributed by atoms with Crippen molar-refractivity contribution < 1.29 is 39.9 Å². The van der Waals surface area contributed by atoms with Gasteiger partial charge in [-0.3, -0.25) is 14.4 Å². The molecule has 0 aromatic heterocycles. The number of nitrogens with one attached hydrogen (secondary N) is 2. The average molecular weight is 442 g/mol. The summed E-state index contributed by atoms with van der Waals surface area (Å²) in [6.45, 7) is 0.539. The van der Waals surface area contributed by atoms with E-state index in [1.54, 1.807) is 0 Å². The zero-order chi connectivity index (χ0) is 21.4. The van der Waals surface area contributed by atoms with Crippen LogP contribution in [0.1, 0.15) is 25.7 Å². The Morgan fingerprint density at radius 1 is 0.750 bits per heavy atom. The summed E-state index contributed by atoms with van der Waals surface area (Å²) in [6, 6.07) is 0. The predicted molar refractivity (Wildman–Crippen MR) is 108 cm³/mol. The minimum atomic E-state index is -1.12. The maximum atomic E-state index is 12.3. The Hall–Kier alpha value is -0.890. The minimum Gasteiger partial charge on any atom is -0.481 e. The van der Waals surface area contributed by atoms with Crippen molar-refractivity contribution in [1.82, 2.24) is 10.6 Å². The number of rotatable bonds is 17. The Labute approximate surface area is 167 Å². The quantitative estimate of drug-likeness (QED) is 0.0874. The van der Waals surface area contributed by atoms with Crippen molar-refractivity contribution in [3.63, 3.8) is 0 Å². The number of carbonyl (C=O) groups excluding carboxylic acids is 2. The Balaban J connectivity index is 4.46. The molecule has 10 nitrogen and oxygen atoms in total. The Morgan fingerprint density at radius 3 is 1.46 bits per heavy atom. The van der Waals surface area contributed by atoms with Crippen LogP contribution in [0.2, 0.25) is 0 Å². The fraction of sp³-hybridized carbons (Fsp3) is 0.812. The molecule has 0 unspecified atom stereocenters. The molecule has 0 aromatic carbocycles. The Kier molecular flexibility index (Phi) is 16.5. The SMILES string of the molecule is O=C(O)CCC(C(=O)NCCCP(CO)CO)C(=O)NCCCP(CO)CO. The molecule has 0 atom stereocenters. The van der Waals surface area contributed by atoms with Crippen LogP contribution in [0.25, 0.3) is 0 Å². The fourth-order valence-corrected chi connectivity index (χ4v) is 4.25. The van der Waals surface area contributed by atoms with E-state index in [0.717, 1.165) is 0 Å². The van der Waals surface area contributed by atoms with Gasteiger partial charge in [-0.15, -0.1) is 0 Å². The highest BCUT2D eigenvalue weighted by Gasteiger charge is 2.26. The molecule has 0 aliphatic carbocycles. The third-order valence-corrected chi connectivity index (χ3v) is 7.48. The summed E-state index contributed by atoms with van der Waals surface area (Å²) in [4.78, 5) is 35.4. The van der Waals surface area contributed by atoms with Crippen LogP contribution in [-0.4, -0.2) is 94.1 Å². The van der Waals surface area contributed by atoms with Crippen molar-refractivity contribution in [2.24, 2.45) is 5.92 Å². The van der Waals surface area contributed by atoms with Crippen molar-refractivity contribution in [3.05, 3.63) is 0 Å². The molecule has 0 aromatic rings. The third kappa shape index (κ3) is 12.5. The molecule has 0 fully saturated rings. The normalized spacial score (nSPS) is 11.2. The van der Waals surface area contributed by atoms with Crippen LogP contribution in [-0.2, 0) is 14.4 Å². The maximum Gasteiger partial charge on any atom is 0.303 e. The largest absolute Gasteiger partial charge is 0.481 e. The van der Waals surface area contributed by atoms with Crippen LogP contribution < -0.4 is 10.6 Å². The molecular weight excluding hydrogens is 410 g/mol. The first-order valence-electron chi connectivity index (χ1n) is 9.04. The van der Waals surface area contributed by atoms with Crippen LogP contribution in [0.5, 0.6) is 0 Å². The zero-order valence-electron chi connectivity index (χ0n) is 15.9. The van der Waals surface area contributed by atoms with Crippen LogP contribution in [0.15, 0.2) is 0 Å². The lowest BCUT2D eigenvalue weighted by molar-refractivity contribution is -0.138. The lowest BCUT2D eigenvalue weighted by Crippen LogP contribution is -2.42. The van der Waals surface area contributed by atoms with Crippen molar-refractivity contribution in [1.29, 1.82) is 0 Å². The molecule has 0 rings (SSSR count). The van der Waals surface area contributed by atoms with Crippen molar-refractivity contribution in [2.45, 2.75) is 25.7 Å². The van der Waals surface area contributed by atoms with Gasteiger partial charge < -0.3 is 36.2 Å². The van der Waals surface area contributed by atoms with Crippen molar-refractivity contribution in [3.8, 4) is 0 Å². The second kappa shape index (κ2) is 17.0. The van der Waals surface area contributed by atoms with Gasteiger partial charge in [-0.2, -0.15) is 0 Å². The fourth-order valence-electron chi connectivity index (χ4n) is 2.30. The van der Waals surface area contributed by atoms with Gasteiger partial charge in [0.15, 0.2) is 0 Å². The number of hydrogen-bond acceptors (Lipinski definition) is 7.